The van der Waals surface area contributed by atoms with Crippen LogP contribution in [-0.4, -0.2) is 46.8 Å². The molecule has 9 nitrogen and oxygen atoms in total. The Bertz CT molecular complexity index is 880. The first-order chi connectivity index (χ1) is 12.9. The summed E-state index contributed by atoms with van der Waals surface area (Å²) in [6.07, 6.45) is 0. The van der Waals surface area contributed by atoms with E-state index < -0.39 is 27.1 Å². The van der Waals surface area contributed by atoms with Crippen LogP contribution in [0.25, 0.3) is 0 Å². The van der Waals surface area contributed by atoms with Gasteiger partial charge in [0, 0.05) is 38.3 Å². The van der Waals surface area contributed by atoms with Gasteiger partial charge in [-0.3, -0.25) is 25.0 Å². The molecule has 0 radical (unpaired) electrons. The number of amides is 1. The van der Waals surface area contributed by atoms with Crippen molar-refractivity contribution in [2.24, 2.45) is 0 Å². The van der Waals surface area contributed by atoms with Gasteiger partial charge in [-0.1, -0.05) is 12.1 Å². The molecule has 0 aliphatic carbocycles. The lowest BCUT2D eigenvalue weighted by atomic mass is 10.1. The molecule has 3 rings (SSSR count). The Morgan fingerprint density at radius 1 is 0.926 bits per heavy atom. The van der Waals surface area contributed by atoms with Gasteiger partial charge in [0.25, 0.3) is 17.3 Å². The van der Waals surface area contributed by atoms with E-state index in [1.807, 2.05) is 0 Å². The lowest BCUT2D eigenvalue weighted by molar-refractivity contribution is -0.394. The Labute approximate surface area is 152 Å². The summed E-state index contributed by atoms with van der Waals surface area (Å²) >= 11 is 0. The first-order valence-electron chi connectivity index (χ1n) is 8.09. The Morgan fingerprint density at radius 2 is 1.48 bits per heavy atom. The summed E-state index contributed by atoms with van der Waals surface area (Å²) in [5.41, 5.74) is -0.707. The SMILES string of the molecule is O=C(c1cc([N+](=O)[O-])cc([N+](=O)[O-])c1)N1CCN(c2ccccc2F)CC1. The van der Waals surface area contributed by atoms with Gasteiger partial charge >= 0.3 is 0 Å². The molecule has 1 aliphatic rings. The van der Waals surface area contributed by atoms with Gasteiger partial charge in [-0.25, -0.2) is 4.39 Å². The highest BCUT2D eigenvalue weighted by Gasteiger charge is 2.26. The fourth-order valence-corrected chi connectivity index (χ4v) is 2.97. The second kappa shape index (κ2) is 7.36. The molecule has 0 N–H and O–H groups in total. The molecule has 1 aliphatic heterocycles. The van der Waals surface area contributed by atoms with E-state index in [1.54, 1.807) is 23.1 Å². The second-order valence-electron chi connectivity index (χ2n) is 5.98. The summed E-state index contributed by atoms with van der Waals surface area (Å²) in [6.45, 7) is 1.29. The number of nitro groups is 2. The zero-order valence-electron chi connectivity index (χ0n) is 14.1. The van der Waals surface area contributed by atoms with Gasteiger partial charge < -0.3 is 9.80 Å². The van der Waals surface area contributed by atoms with Crippen molar-refractivity contribution in [2.75, 3.05) is 31.1 Å². The smallest absolute Gasteiger partial charge is 0.277 e. The number of carbonyl (C=O) groups is 1. The van der Waals surface area contributed by atoms with Crippen LogP contribution in [-0.2, 0) is 0 Å². The maximum Gasteiger partial charge on any atom is 0.277 e. The van der Waals surface area contributed by atoms with Crippen molar-refractivity contribution in [3.63, 3.8) is 0 Å². The van der Waals surface area contributed by atoms with Crippen molar-refractivity contribution in [1.29, 1.82) is 0 Å². The van der Waals surface area contributed by atoms with Crippen LogP contribution in [0, 0.1) is 26.0 Å². The zero-order valence-corrected chi connectivity index (χ0v) is 14.1. The lowest BCUT2D eigenvalue weighted by Gasteiger charge is -2.36. The van der Waals surface area contributed by atoms with Gasteiger partial charge in [0.2, 0.25) is 0 Å². The third-order valence-corrected chi connectivity index (χ3v) is 4.33. The van der Waals surface area contributed by atoms with E-state index in [1.165, 1.54) is 11.0 Å². The first-order valence-corrected chi connectivity index (χ1v) is 8.09. The minimum Gasteiger partial charge on any atom is -0.366 e. The van der Waals surface area contributed by atoms with E-state index in [0.717, 1.165) is 18.2 Å². The van der Waals surface area contributed by atoms with E-state index in [2.05, 4.69) is 0 Å². The fourth-order valence-electron chi connectivity index (χ4n) is 2.97. The number of rotatable bonds is 4. The fraction of sp³-hybridized carbons (Fsp3) is 0.235. The zero-order chi connectivity index (χ0) is 19.6. The molecule has 0 unspecified atom stereocenters. The summed E-state index contributed by atoms with van der Waals surface area (Å²) in [7, 11) is 0. The van der Waals surface area contributed by atoms with Crippen LogP contribution in [0.1, 0.15) is 10.4 Å². The summed E-state index contributed by atoms with van der Waals surface area (Å²) in [6, 6.07) is 9.18. The standard InChI is InChI=1S/C17H15FN4O5/c18-15-3-1-2-4-16(15)19-5-7-20(8-6-19)17(23)12-9-13(21(24)25)11-14(10-12)22(26)27/h1-4,9-11H,5-8H2. The number of hydrogen-bond donors (Lipinski definition) is 0. The molecule has 27 heavy (non-hydrogen) atoms. The second-order valence-corrected chi connectivity index (χ2v) is 5.98. The highest BCUT2D eigenvalue weighted by Crippen LogP contribution is 2.25. The number of non-ortho nitro benzene ring substituents is 2. The van der Waals surface area contributed by atoms with Crippen molar-refractivity contribution < 1.29 is 19.0 Å². The molecule has 2 aromatic carbocycles. The molecule has 2 aromatic rings. The molecule has 1 amide bonds. The monoisotopic (exact) mass is 374 g/mol. The summed E-state index contributed by atoms with van der Waals surface area (Å²) in [4.78, 5) is 36.3. The van der Waals surface area contributed by atoms with Gasteiger partial charge in [0.1, 0.15) is 5.82 Å². The number of hydrogen-bond acceptors (Lipinski definition) is 6. The number of benzene rings is 2. The number of para-hydroxylation sites is 1. The van der Waals surface area contributed by atoms with Gasteiger partial charge in [0.15, 0.2) is 0 Å². The van der Waals surface area contributed by atoms with E-state index in [-0.39, 0.29) is 24.5 Å². The molecular formula is C17H15FN4O5. The average Bonchev–Trinajstić information content (AvgIpc) is 2.67. The Hall–Kier alpha value is -3.56. The first kappa shape index (κ1) is 18.2. The van der Waals surface area contributed by atoms with Gasteiger partial charge in [-0.2, -0.15) is 0 Å². The molecular weight excluding hydrogens is 359 g/mol. The average molecular weight is 374 g/mol. The van der Waals surface area contributed by atoms with E-state index in [9.17, 15) is 29.4 Å². The van der Waals surface area contributed by atoms with Crippen molar-refractivity contribution >= 4 is 23.0 Å². The third kappa shape index (κ3) is 3.84. The molecule has 140 valence electrons. The minimum absolute atomic E-state index is 0.116. The third-order valence-electron chi connectivity index (χ3n) is 4.33. The molecule has 0 aromatic heterocycles. The topological polar surface area (TPSA) is 110 Å². The number of piperazine rings is 1. The highest BCUT2D eigenvalue weighted by molar-refractivity contribution is 5.95. The maximum absolute atomic E-state index is 13.9. The summed E-state index contributed by atoms with van der Waals surface area (Å²) in [5, 5.41) is 21.9. The van der Waals surface area contributed by atoms with Gasteiger partial charge in [-0.15, -0.1) is 0 Å². The molecule has 1 saturated heterocycles. The van der Waals surface area contributed by atoms with Crippen LogP contribution in [0.3, 0.4) is 0 Å². The molecule has 0 spiro atoms. The molecule has 1 heterocycles. The molecule has 10 heteroatoms. The quantitative estimate of drug-likeness (QED) is 0.601. The molecule has 0 saturated carbocycles. The maximum atomic E-state index is 13.9. The molecule has 1 fully saturated rings. The van der Waals surface area contributed by atoms with Crippen LogP contribution >= 0.6 is 0 Å². The number of anilines is 1. The number of nitro benzene ring substituents is 2. The molecule has 0 bridgehead atoms. The van der Waals surface area contributed by atoms with Crippen LogP contribution < -0.4 is 4.90 Å². The Morgan fingerprint density at radius 3 is 2.00 bits per heavy atom. The summed E-state index contributed by atoms with van der Waals surface area (Å²) in [5.74, 6) is -0.887. The van der Waals surface area contributed by atoms with Crippen LogP contribution in [0.15, 0.2) is 42.5 Å². The predicted molar refractivity (Wildman–Crippen MR) is 94.3 cm³/mol. The largest absolute Gasteiger partial charge is 0.366 e. The number of carbonyl (C=O) groups excluding carboxylic acids is 1. The summed E-state index contributed by atoms with van der Waals surface area (Å²) < 4.78 is 13.9. The number of halogens is 1. The normalized spacial score (nSPS) is 14.1. The van der Waals surface area contributed by atoms with Crippen LogP contribution in [0.5, 0.6) is 0 Å². The molecule has 0 atom stereocenters. The van der Waals surface area contributed by atoms with Crippen molar-refractivity contribution in [2.45, 2.75) is 0 Å². The Kier molecular flexibility index (Phi) is 4.97. The van der Waals surface area contributed by atoms with Crippen molar-refractivity contribution in [3.05, 3.63) is 74.1 Å². The minimum atomic E-state index is -0.778. The van der Waals surface area contributed by atoms with Crippen LogP contribution in [0.2, 0.25) is 0 Å². The van der Waals surface area contributed by atoms with Crippen LogP contribution in [0.4, 0.5) is 21.5 Å². The van der Waals surface area contributed by atoms with Crippen molar-refractivity contribution in [3.8, 4) is 0 Å². The van der Waals surface area contributed by atoms with Gasteiger partial charge in [-0.05, 0) is 12.1 Å². The van der Waals surface area contributed by atoms with E-state index >= 15 is 0 Å². The Balaban J connectivity index is 1.77. The van der Waals surface area contributed by atoms with Gasteiger partial charge in [0.05, 0.1) is 27.2 Å². The number of nitrogens with zero attached hydrogens (tertiary/aromatic N) is 4. The highest BCUT2D eigenvalue weighted by atomic mass is 19.1. The van der Waals surface area contributed by atoms with Crippen molar-refractivity contribution in [1.82, 2.24) is 4.90 Å². The van der Waals surface area contributed by atoms with E-state index in [0.29, 0.717) is 18.8 Å². The predicted octanol–water partition coefficient (Wildman–Crippen LogP) is 2.60. The van der Waals surface area contributed by atoms with E-state index in [4.69, 9.17) is 0 Å². The lowest BCUT2D eigenvalue weighted by Crippen LogP contribution is -2.49.